The van der Waals surface area contributed by atoms with E-state index in [4.69, 9.17) is 0 Å². The molecule has 0 aliphatic heterocycles. The van der Waals surface area contributed by atoms with Gasteiger partial charge in [0.05, 0.1) is 9.79 Å². The minimum absolute atomic E-state index is 0.310. The lowest BCUT2D eigenvalue weighted by Crippen LogP contribution is -2.01. The largest absolute Gasteiger partial charge is 0.219 e. The minimum Gasteiger partial charge on any atom is -0.219 e. The first kappa shape index (κ1) is 23.1. The summed E-state index contributed by atoms with van der Waals surface area (Å²) in [6.07, 6.45) is 2.08. The minimum atomic E-state index is -3.50. The average molecular weight is 495 g/mol. The van der Waals surface area contributed by atoms with Gasteiger partial charge in [-0.15, -0.1) is 11.8 Å². The Morgan fingerprint density at radius 3 is 1.19 bits per heavy atom. The Hall–Kier alpha value is -2.12. The number of rotatable bonds is 7. The van der Waals surface area contributed by atoms with Crippen molar-refractivity contribution in [2.24, 2.45) is 0 Å². The number of sulfone groups is 1. The molecule has 0 saturated heterocycles. The Morgan fingerprint density at radius 1 is 0.500 bits per heavy atom. The molecule has 4 aromatic rings. The summed E-state index contributed by atoms with van der Waals surface area (Å²) in [5, 5.41) is 0. The second-order valence-electron chi connectivity index (χ2n) is 7.14. The summed E-state index contributed by atoms with van der Waals surface area (Å²) < 4.78 is 25.7. The first-order valence-corrected chi connectivity index (χ1v) is 14.3. The van der Waals surface area contributed by atoms with Gasteiger partial charge in [0.1, 0.15) is 0 Å². The standard InChI is InChI=1S/C26H22O2S4/c1-19-3-15-25(16-4-19)32(27,28)26-17-13-24(14-18-26)31-23-11-9-22(10-12-23)30-21-7-5-20(29-2)6-8-21/h3-18H,1-2H3. The molecule has 4 rings (SSSR count). The zero-order chi connectivity index (χ0) is 22.6. The number of hydrogen-bond donors (Lipinski definition) is 0. The lowest BCUT2D eigenvalue weighted by molar-refractivity contribution is 0.596. The van der Waals surface area contributed by atoms with Crippen LogP contribution < -0.4 is 0 Å². The Morgan fingerprint density at radius 2 is 0.812 bits per heavy atom. The molecule has 0 fully saturated rings. The summed E-state index contributed by atoms with van der Waals surface area (Å²) in [6, 6.07) is 31.0. The quantitative estimate of drug-likeness (QED) is 0.244. The van der Waals surface area contributed by atoms with Crippen LogP contribution in [0.5, 0.6) is 0 Å². The molecule has 0 amide bonds. The van der Waals surface area contributed by atoms with Gasteiger partial charge < -0.3 is 0 Å². The van der Waals surface area contributed by atoms with E-state index in [1.54, 1.807) is 59.6 Å². The fourth-order valence-electron chi connectivity index (χ4n) is 3.03. The third kappa shape index (κ3) is 5.62. The summed E-state index contributed by atoms with van der Waals surface area (Å²) in [5.41, 5.74) is 1.04. The van der Waals surface area contributed by atoms with Crippen molar-refractivity contribution in [3.8, 4) is 0 Å². The van der Waals surface area contributed by atoms with Gasteiger partial charge in [-0.05, 0) is 98.1 Å². The van der Waals surface area contributed by atoms with Crippen molar-refractivity contribution < 1.29 is 8.42 Å². The molecule has 0 spiro atoms. The molecular formula is C26H22O2S4. The van der Waals surface area contributed by atoms with Crippen LogP contribution in [-0.4, -0.2) is 14.7 Å². The molecule has 0 radical (unpaired) electrons. The highest BCUT2D eigenvalue weighted by Gasteiger charge is 2.17. The molecule has 0 atom stereocenters. The van der Waals surface area contributed by atoms with E-state index in [1.807, 2.05) is 31.2 Å². The third-order valence-electron chi connectivity index (χ3n) is 4.82. The van der Waals surface area contributed by atoms with E-state index in [2.05, 4.69) is 54.8 Å². The predicted octanol–water partition coefficient (Wildman–Crippen LogP) is 7.85. The Labute approximate surface area is 202 Å². The smallest absolute Gasteiger partial charge is 0.206 e. The second-order valence-corrected chi connectivity index (χ2v) is 12.3. The van der Waals surface area contributed by atoms with Gasteiger partial charge in [0.25, 0.3) is 0 Å². The lowest BCUT2D eigenvalue weighted by atomic mass is 10.2. The molecule has 32 heavy (non-hydrogen) atoms. The van der Waals surface area contributed by atoms with Crippen LogP contribution in [0, 0.1) is 6.92 Å². The molecule has 0 aliphatic rings. The first-order valence-electron chi connectivity index (χ1n) is 9.96. The van der Waals surface area contributed by atoms with Crippen molar-refractivity contribution in [1.29, 1.82) is 0 Å². The molecule has 0 aliphatic carbocycles. The molecule has 0 unspecified atom stereocenters. The molecule has 0 saturated carbocycles. The van der Waals surface area contributed by atoms with Crippen molar-refractivity contribution >= 4 is 45.1 Å². The van der Waals surface area contributed by atoms with Crippen molar-refractivity contribution in [3.05, 3.63) is 103 Å². The van der Waals surface area contributed by atoms with Gasteiger partial charge in [0.2, 0.25) is 9.84 Å². The number of thioether (sulfide) groups is 1. The van der Waals surface area contributed by atoms with Gasteiger partial charge in [-0.1, -0.05) is 41.2 Å². The Kier molecular flexibility index (Phi) is 7.36. The molecule has 162 valence electrons. The highest BCUT2D eigenvalue weighted by molar-refractivity contribution is 8.00. The molecular weight excluding hydrogens is 473 g/mol. The van der Waals surface area contributed by atoms with Gasteiger partial charge in [-0.2, -0.15) is 0 Å². The summed E-state index contributed by atoms with van der Waals surface area (Å²) in [7, 11) is -3.50. The average Bonchev–Trinajstić information content (AvgIpc) is 2.81. The van der Waals surface area contributed by atoms with Crippen molar-refractivity contribution in [2.45, 2.75) is 41.2 Å². The second kappa shape index (κ2) is 10.2. The normalized spacial score (nSPS) is 11.4. The fourth-order valence-corrected chi connectivity index (χ4v) is 6.33. The highest BCUT2D eigenvalue weighted by Crippen LogP contribution is 2.33. The topological polar surface area (TPSA) is 34.1 Å². The van der Waals surface area contributed by atoms with Crippen LogP contribution in [0.3, 0.4) is 0 Å². The van der Waals surface area contributed by atoms with Crippen LogP contribution >= 0.6 is 35.3 Å². The Balaban J connectivity index is 1.42. The third-order valence-corrected chi connectivity index (χ3v) is 9.38. The van der Waals surface area contributed by atoms with Crippen LogP contribution in [0.4, 0.5) is 0 Å². The van der Waals surface area contributed by atoms with Crippen molar-refractivity contribution in [3.63, 3.8) is 0 Å². The maximum Gasteiger partial charge on any atom is 0.206 e. The molecule has 0 bridgehead atoms. The van der Waals surface area contributed by atoms with Crippen LogP contribution in [0.1, 0.15) is 5.56 Å². The molecule has 0 N–H and O–H groups in total. The van der Waals surface area contributed by atoms with Crippen molar-refractivity contribution in [1.82, 2.24) is 0 Å². The van der Waals surface area contributed by atoms with Gasteiger partial charge in [0, 0.05) is 24.5 Å². The monoisotopic (exact) mass is 494 g/mol. The van der Waals surface area contributed by atoms with E-state index < -0.39 is 9.84 Å². The van der Waals surface area contributed by atoms with E-state index in [1.165, 1.54) is 14.7 Å². The van der Waals surface area contributed by atoms with E-state index in [-0.39, 0.29) is 0 Å². The number of benzene rings is 4. The summed E-state index contributed by atoms with van der Waals surface area (Å²) in [6.45, 7) is 1.94. The van der Waals surface area contributed by atoms with Crippen LogP contribution in [0.15, 0.2) is 131 Å². The number of hydrogen-bond acceptors (Lipinski definition) is 5. The fraction of sp³-hybridized carbons (Fsp3) is 0.0769. The van der Waals surface area contributed by atoms with Crippen LogP contribution in [0.25, 0.3) is 0 Å². The van der Waals surface area contributed by atoms with Gasteiger partial charge >= 0.3 is 0 Å². The molecule has 2 nitrogen and oxygen atoms in total. The molecule has 4 aromatic carbocycles. The summed E-state index contributed by atoms with van der Waals surface area (Å²) in [5.74, 6) is 0. The summed E-state index contributed by atoms with van der Waals surface area (Å²) in [4.78, 5) is 6.41. The van der Waals surface area contributed by atoms with Gasteiger partial charge in [-0.3, -0.25) is 0 Å². The van der Waals surface area contributed by atoms with Crippen LogP contribution in [-0.2, 0) is 9.84 Å². The molecule has 0 heterocycles. The predicted molar refractivity (Wildman–Crippen MR) is 136 cm³/mol. The molecule has 6 heteroatoms. The van der Waals surface area contributed by atoms with E-state index in [0.717, 1.165) is 15.4 Å². The zero-order valence-electron chi connectivity index (χ0n) is 17.7. The number of aryl methyl sites for hydroxylation is 1. The highest BCUT2D eigenvalue weighted by atomic mass is 32.2. The lowest BCUT2D eigenvalue weighted by Gasteiger charge is -2.07. The van der Waals surface area contributed by atoms with E-state index in [9.17, 15) is 8.42 Å². The van der Waals surface area contributed by atoms with Crippen LogP contribution in [0.2, 0.25) is 0 Å². The SMILES string of the molecule is CSc1ccc(Sc2ccc(Sc3ccc(S(=O)(=O)c4ccc(C)cc4)cc3)cc2)cc1. The maximum absolute atomic E-state index is 12.8. The zero-order valence-corrected chi connectivity index (χ0v) is 21.0. The summed E-state index contributed by atoms with van der Waals surface area (Å²) >= 11 is 5.10. The van der Waals surface area contributed by atoms with Gasteiger partial charge in [-0.25, -0.2) is 8.42 Å². The van der Waals surface area contributed by atoms with E-state index in [0.29, 0.717) is 9.79 Å². The molecule has 0 aromatic heterocycles. The first-order chi connectivity index (χ1) is 15.4. The van der Waals surface area contributed by atoms with Crippen molar-refractivity contribution in [2.75, 3.05) is 6.26 Å². The van der Waals surface area contributed by atoms with Gasteiger partial charge in [0.15, 0.2) is 0 Å². The maximum atomic E-state index is 12.8. The Bertz CT molecular complexity index is 1280. The van der Waals surface area contributed by atoms with E-state index >= 15 is 0 Å².